The number of hydrogen-bond acceptors (Lipinski definition) is 2. The fourth-order valence-corrected chi connectivity index (χ4v) is 2.81. The van der Waals surface area contributed by atoms with Gasteiger partial charge >= 0.3 is 0 Å². The Kier molecular flexibility index (Phi) is 2.16. The summed E-state index contributed by atoms with van der Waals surface area (Å²) in [6.45, 7) is 8.11. The van der Waals surface area contributed by atoms with Gasteiger partial charge < -0.3 is 4.74 Å². The summed E-state index contributed by atoms with van der Waals surface area (Å²) in [5.74, 6) is 0.385. The van der Waals surface area contributed by atoms with E-state index >= 15 is 0 Å². The Morgan fingerprint density at radius 1 is 1.53 bits per heavy atom. The highest BCUT2D eigenvalue weighted by molar-refractivity contribution is 5.97. The molecule has 3 rings (SSSR count). The predicted molar refractivity (Wildman–Crippen MR) is 59.5 cm³/mol. The largest absolute Gasteiger partial charge is 0.378 e. The van der Waals surface area contributed by atoms with Crippen LogP contribution in [0.15, 0.2) is 24.3 Å². The molecule has 0 aromatic carbocycles. The molecule has 2 nitrogen and oxygen atoms in total. The van der Waals surface area contributed by atoms with Crippen LogP contribution in [0.2, 0.25) is 0 Å². The molecule has 0 unspecified atom stereocenters. The minimum Gasteiger partial charge on any atom is -0.378 e. The van der Waals surface area contributed by atoms with Crippen LogP contribution in [0.3, 0.4) is 0 Å². The molecule has 0 heterocycles. The lowest BCUT2D eigenvalue weighted by molar-refractivity contribution is -0.117. The van der Waals surface area contributed by atoms with Crippen LogP contribution in [-0.4, -0.2) is 18.5 Å². The van der Waals surface area contributed by atoms with Gasteiger partial charge in [-0.25, -0.2) is 0 Å². The SMILES string of the molecule is C=C1C(=O)C[C@H]2C=C[C@]1(C)C[C@]2(C)OC. The predicted octanol–water partition coefficient (Wildman–Crippen LogP) is 2.50. The highest BCUT2D eigenvalue weighted by atomic mass is 16.5. The first-order valence-electron chi connectivity index (χ1n) is 5.38. The first-order valence-corrected chi connectivity index (χ1v) is 5.38. The molecule has 3 atom stereocenters. The Hall–Kier alpha value is -0.890. The van der Waals surface area contributed by atoms with Crippen LogP contribution in [0.4, 0.5) is 0 Å². The number of methoxy groups -OCH3 is 1. The second-order valence-corrected chi connectivity index (χ2v) is 5.18. The van der Waals surface area contributed by atoms with E-state index in [4.69, 9.17) is 4.74 Å². The van der Waals surface area contributed by atoms with Crippen molar-refractivity contribution in [1.82, 2.24) is 0 Å². The van der Waals surface area contributed by atoms with E-state index in [1.54, 1.807) is 7.11 Å². The van der Waals surface area contributed by atoms with Gasteiger partial charge in [-0.2, -0.15) is 0 Å². The summed E-state index contributed by atoms with van der Waals surface area (Å²) in [5.41, 5.74) is 0.301. The van der Waals surface area contributed by atoms with E-state index in [0.717, 1.165) is 12.0 Å². The quantitative estimate of drug-likeness (QED) is 0.486. The molecule has 1 saturated carbocycles. The smallest absolute Gasteiger partial charge is 0.159 e. The molecular formula is C13H18O2. The summed E-state index contributed by atoms with van der Waals surface area (Å²) in [6, 6.07) is 0. The van der Waals surface area contributed by atoms with Crippen molar-refractivity contribution in [3.63, 3.8) is 0 Å². The number of carbonyl (C=O) groups excluding carboxylic acids is 1. The molecule has 3 aliphatic carbocycles. The summed E-state index contributed by atoms with van der Waals surface area (Å²) in [7, 11) is 1.73. The van der Waals surface area contributed by atoms with Crippen LogP contribution < -0.4 is 0 Å². The molecule has 0 aromatic rings. The van der Waals surface area contributed by atoms with Gasteiger partial charge in [-0.05, 0) is 18.9 Å². The van der Waals surface area contributed by atoms with Crippen molar-refractivity contribution in [1.29, 1.82) is 0 Å². The van der Waals surface area contributed by atoms with Crippen LogP contribution >= 0.6 is 0 Å². The number of carbonyl (C=O) groups is 1. The van der Waals surface area contributed by atoms with Gasteiger partial charge in [-0.1, -0.05) is 25.7 Å². The number of ketones is 1. The molecule has 0 N–H and O–H groups in total. The Labute approximate surface area is 91.0 Å². The zero-order valence-electron chi connectivity index (χ0n) is 9.67. The van der Waals surface area contributed by atoms with E-state index in [9.17, 15) is 4.79 Å². The number of allylic oxidation sites excluding steroid dienone is 2. The molecule has 3 aliphatic rings. The van der Waals surface area contributed by atoms with Crippen LogP contribution in [0, 0.1) is 11.3 Å². The first kappa shape index (κ1) is 10.6. The Bertz CT molecular complexity index is 356. The number of ether oxygens (including phenoxy) is 1. The lowest BCUT2D eigenvalue weighted by Gasteiger charge is -2.42. The fraction of sp³-hybridized carbons (Fsp3) is 0.615. The van der Waals surface area contributed by atoms with Gasteiger partial charge in [0.05, 0.1) is 5.60 Å². The van der Waals surface area contributed by atoms with Gasteiger partial charge in [0, 0.05) is 24.9 Å². The van der Waals surface area contributed by atoms with E-state index in [1.165, 1.54) is 0 Å². The topological polar surface area (TPSA) is 26.3 Å². The molecule has 0 saturated heterocycles. The number of fused-ring (bicyclic) bond motifs is 3. The molecule has 0 radical (unpaired) electrons. The van der Waals surface area contributed by atoms with Crippen LogP contribution in [0.1, 0.15) is 26.7 Å². The Balaban J connectivity index is 2.50. The Morgan fingerprint density at radius 2 is 2.20 bits per heavy atom. The molecule has 82 valence electrons. The minimum absolute atomic E-state index is 0.188. The van der Waals surface area contributed by atoms with Crippen molar-refractivity contribution in [2.75, 3.05) is 7.11 Å². The third kappa shape index (κ3) is 1.39. The normalized spacial score (nSPS) is 44.6. The lowest BCUT2D eigenvalue weighted by Crippen LogP contribution is -2.41. The van der Waals surface area contributed by atoms with Crippen molar-refractivity contribution >= 4 is 5.78 Å². The maximum atomic E-state index is 11.9. The lowest BCUT2D eigenvalue weighted by atomic mass is 9.69. The summed E-state index contributed by atoms with van der Waals surface area (Å²) in [6.07, 6.45) is 5.65. The maximum Gasteiger partial charge on any atom is 0.159 e. The van der Waals surface area contributed by atoms with E-state index in [0.29, 0.717) is 6.42 Å². The number of hydrogen-bond donors (Lipinski definition) is 0. The van der Waals surface area contributed by atoms with Crippen molar-refractivity contribution in [2.24, 2.45) is 11.3 Å². The van der Waals surface area contributed by atoms with Gasteiger partial charge in [0.1, 0.15) is 0 Å². The third-order valence-corrected chi connectivity index (χ3v) is 4.10. The highest BCUT2D eigenvalue weighted by Crippen LogP contribution is 2.50. The van der Waals surface area contributed by atoms with Crippen molar-refractivity contribution in [2.45, 2.75) is 32.3 Å². The molecule has 2 heteroatoms. The van der Waals surface area contributed by atoms with Gasteiger partial charge in [0.15, 0.2) is 5.78 Å². The summed E-state index contributed by atoms with van der Waals surface area (Å²) in [4.78, 5) is 11.9. The second kappa shape index (κ2) is 3.05. The van der Waals surface area contributed by atoms with E-state index in [1.807, 2.05) is 0 Å². The number of Topliss-reactive ketones (excluding diaryl/α,β-unsaturated/α-hetero) is 1. The van der Waals surface area contributed by atoms with Gasteiger partial charge in [-0.3, -0.25) is 4.79 Å². The summed E-state index contributed by atoms with van der Waals surface area (Å²) < 4.78 is 5.61. The van der Waals surface area contributed by atoms with Crippen LogP contribution in [0.25, 0.3) is 0 Å². The summed E-state index contributed by atoms with van der Waals surface area (Å²) in [5, 5.41) is 0. The maximum absolute atomic E-state index is 11.9. The van der Waals surface area contributed by atoms with Gasteiger partial charge in [0.2, 0.25) is 0 Å². The first-order chi connectivity index (χ1) is 6.91. The molecular weight excluding hydrogens is 188 g/mol. The van der Waals surface area contributed by atoms with Crippen molar-refractivity contribution < 1.29 is 9.53 Å². The van der Waals surface area contributed by atoms with Gasteiger partial charge in [0.25, 0.3) is 0 Å². The van der Waals surface area contributed by atoms with E-state index < -0.39 is 0 Å². The highest BCUT2D eigenvalue weighted by Gasteiger charge is 2.49. The molecule has 15 heavy (non-hydrogen) atoms. The molecule has 2 bridgehead atoms. The zero-order chi connectivity index (χ0) is 11.3. The standard InChI is InChI=1S/C13H18O2/c1-9-11(14)7-10-5-6-12(9,2)8-13(10,3)15-4/h5-6,10H,1,7-8H2,2-4H3/t10-,12-,13+/m1/s1. The monoisotopic (exact) mass is 206 g/mol. The Morgan fingerprint density at radius 3 is 2.80 bits per heavy atom. The van der Waals surface area contributed by atoms with E-state index in [2.05, 4.69) is 32.6 Å². The molecule has 0 aliphatic heterocycles. The van der Waals surface area contributed by atoms with Gasteiger partial charge in [-0.15, -0.1) is 0 Å². The molecule has 0 spiro atoms. The average Bonchev–Trinajstić information content (AvgIpc) is 2.34. The minimum atomic E-state index is -0.224. The second-order valence-electron chi connectivity index (χ2n) is 5.18. The molecule has 0 aromatic heterocycles. The molecule has 0 amide bonds. The average molecular weight is 206 g/mol. The van der Waals surface area contributed by atoms with E-state index in [-0.39, 0.29) is 22.7 Å². The fourth-order valence-electron chi connectivity index (χ4n) is 2.81. The molecule has 1 fully saturated rings. The zero-order valence-corrected chi connectivity index (χ0v) is 9.67. The van der Waals surface area contributed by atoms with Crippen LogP contribution in [0.5, 0.6) is 0 Å². The summed E-state index contributed by atoms with van der Waals surface area (Å²) >= 11 is 0. The van der Waals surface area contributed by atoms with Crippen LogP contribution in [-0.2, 0) is 9.53 Å². The van der Waals surface area contributed by atoms with Crippen molar-refractivity contribution in [3.8, 4) is 0 Å². The van der Waals surface area contributed by atoms with Crippen molar-refractivity contribution in [3.05, 3.63) is 24.3 Å². The third-order valence-electron chi connectivity index (χ3n) is 4.10. The number of rotatable bonds is 1.